The van der Waals surface area contributed by atoms with Crippen molar-refractivity contribution in [2.24, 2.45) is 0 Å². The number of hydrogen-bond donors (Lipinski definition) is 0. The molecule has 0 atom stereocenters. The first-order chi connectivity index (χ1) is 11.8. The van der Waals surface area contributed by atoms with Crippen molar-refractivity contribution in [1.82, 2.24) is 9.55 Å². The van der Waals surface area contributed by atoms with Crippen molar-refractivity contribution in [3.8, 4) is 6.07 Å². The van der Waals surface area contributed by atoms with E-state index in [2.05, 4.69) is 11.1 Å². The minimum Gasteiger partial charge on any atom is -0.325 e. The Balaban J connectivity index is 2.17. The fraction of sp³-hybridized carbons (Fsp3) is 0.222. The zero-order chi connectivity index (χ0) is 18.2. The number of alkyl halides is 3. The maximum atomic E-state index is 13.3. The van der Waals surface area contributed by atoms with Gasteiger partial charge in [0.15, 0.2) is 0 Å². The van der Waals surface area contributed by atoms with Gasteiger partial charge in [-0.3, -0.25) is 0 Å². The van der Waals surface area contributed by atoms with Crippen LogP contribution in [0.25, 0.3) is 11.0 Å². The summed E-state index contributed by atoms with van der Waals surface area (Å²) in [6.07, 6.45) is -2.97. The van der Waals surface area contributed by atoms with E-state index in [1.165, 1.54) is 0 Å². The fourth-order valence-corrected chi connectivity index (χ4v) is 2.98. The molecular formula is C18H13F4N3. The van der Waals surface area contributed by atoms with Crippen LogP contribution >= 0.6 is 0 Å². The molecular weight excluding hydrogens is 334 g/mol. The molecule has 0 saturated heterocycles. The van der Waals surface area contributed by atoms with Crippen molar-refractivity contribution in [3.63, 3.8) is 0 Å². The van der Waals surface area contributed by atoms with Gasteiger partial charge in [0, 0.05) is 23.8 Å². The molecule has 3 aromatic rings. The summed E-state index contributed by atoms with van der Waals surface area (Å²) in [5.74, 6) is -0.937. The Hall–Kier alpha value is -2.88. The van der Waals surface area contributed by atoms with E-state index < -0.39 is 17.6 Å². The van der Waals surface area contributed by atoms with Gasteiger partial charge in [0.05, 0.1) is 18.1 Å². The van der Waals surface area contributed by atoms with Crippen LogP contribution in [0.15, 0.2) is 36.5 Å². The van der Waals surface area contributed by atoms with Crippen LogP contribution in [0.1, 0.15) is 22.4 Å². The lowest BCUT2D eigenvalue weighted by Gasteiger charge is -2.15. The van der Waals surface area contributed by atoms with Crippen LogP contribution in [-0.2, 0) is 19.1 Å². The van der Waals surface area contributed by atoms with Gasteiger partial charge >= 0.3 is 6.18 Å². The van der Waals surface area contributed by atoms with Gasteiger partial charge in [0.1, 0.15) is 11.5 Å². The van der Waals surface area contributed by atoms with Crippen molar-refractivity contribution < 1.29 is 17.6 Å². The SMILES string of the molecule is Cc1c(CC#N)c2cccnc2n1Cc1ccc(F)cc1C(F)(F)F. The highest BCUT2D eigenvalue weighted by atomic mass is 19.4. The molecule has 7 heteroatoms. The quantitative estimate of drug-likeness (QED) is 0.649. The average molecular weight is 347 g/mol. The van der Waals surface area contributed by atoms with Crippen molar-refractivity contribution in [2.45, 2.75) is 26.1 Å². The van der Waals surface area contributed by atoms with Crippen LogP contribution in [0.2, 0.25) is 0 Å². The third kappa shape index (κ3) is 3.07. The van der Waals surface area contributed by atoms with Crippen LogP contribution in [0, 0.1) is 24.1 Å². The molecule has 3 rings (SSSR count). The minimum atomic E-state index is -4.66. The molecule has 0 unspecified atom stereocenters. The summed E-state index contributed by atoms with van der Waals surface area (Å²) >= 11 is 0. The van der Waals surface area contributed by atoms with E-state index in [9.17, 15) is 17.6 Å². The van der Waals surface area contributed by atoms with E-state index in [0.717, 1.165) is 23.1 Å². The molecule has 25 heavy (non-hydrogen) atoms. The Morgan fingerprint density at radius 3 is 2.68 bits per heavy atom. The number of benzene rings is 1. The second-order valence-electron chi connectivity index (χ2n) is 5.66. The molecule has 0 aliphatic rings. The zero-order valence-electron chi connectivity index (χ0n) is 13.2. The van der Waals surface area contributed by atoms with Gasteiger partial charge in [-0.1, -0.05) is 6.07 Å². The van der Waals surface area contributed by atoms with Crippen molar-refractivity contribution >= 4 is 11.0 Å². The number of fused-ring (bicyclic) bond motifs is 1. The van der Waals surface area contributed by atoms with E-state index in [4.69, 9.17) is 5.26 Å². The third-order valence-electron chi connectivity index (χ3n) is 4.17. The summed E-state index contributed by atoms with van der Waals surface area (Å²) in [6.45, 7) is 1.63. The molecule has 0 N–H and O–H groups in total. The van der Waals surface area contributed by atoms with E-state index in [1.807, 2.05) is 0 Å². The fourth-order valence-electron chi connectivity index (χ4n) is 2.98. The van der Waals surface area contributed by atoms with Gasteiger partial charge in [-0.15, -0.1) is 0 Å². The normalized spacial score (nSPS) is 11.7. The Morgan fingerprint density at radius 2 is 2.00 bits per heavy atom. The first kappa shape index (κ1) is 17.0. The third-order valence-corrected chi connectivity index (χ3v) is 4.17. The lowest BCUT2D eigenvalue weighted by Crippen LogP contribution is -2.13. The standard InChI is InChI=1S/C18H13F4N3/c1-11-14(6-7-23)15-3-2-8-24-17(15)25(11)10-12-4-5-13(19)9-16(12)18(20,21)22/h2-5,8-9H,6,10H2,1H3. The van der Waals surface area contributed by atoms with E-state index >= 15 is 0 Å². The Kier molecular flexibility index (Phi) is 4.21. The average Bonchev–Trinajstić information content (AvgIpc) is 2.82. The van der Waals surface area contributed by atoms with Gasteiger partial charge < -0.3 is 4.57 Å². The topological polar surface area (TPSA) is 41.6 Å². The second-order valence-corrected chi connectivity index (χ2v) is 5.66. The van der Waals surface area contributed by atoms with Gasteiger partial charge in [-0.2, -0.15) is 18.4 Å². The number of aromatic nitrogens is 2. The molecule has 2 heterocycles. The molecule has 2 aromatic heterocycles. The molecule has 0 fully saturated rings. The van der Waals surface area contributed by atoms with Gasteiger partial charge in [-0.25, -0.2) is 9.37 Å². The van der Waals surface area contributed by atoms with E-state index in [-0.39, 0.29) is 18.5 Å². The van der Waals surface area contributed by atoms with Crippen LogP contribution in [-0.4, -0.2) is 9.55 Å². The molecule has 0 saturated carbocycles. The Morgan fingerprint density at radius 1 is 1.24 bits per heavy atom. The highest BCUT2D eigenvalue weighted by Crippen LogP contribution is 2.34. The van der Waals surface area contributed by atoms with Gasteiger partial charge in [0.2, 0.25) is 0 Å². The number of nitrogens with zero attached hydrogens (tertiary/aromatic N) is 3. The minimum absolute atomic E-state index is 0.0527. The van der Waals surface area contributed by atoms with Crippen molar-refractivity contribution in [1.29, 1.82) is 5.26 Å². The zero-order valence-corrected chi connectivity index (χ0v) is 13.2. The maximum Gasteiger partial charge on any atom is 0.416 e. The van der Waals surface area contributed by atoms with Crippen molar-refractivity contribution in [3.05, 3.63) is 64.7 Å². The first-order valence-corrected chi connectivity index (χ1v) is 7.48. The lowest BCUT2D eigenvalue weighted by molar-refractivity contribution is -0.138. The molecule has 0 bridgehead atoms. The predicted octanol–water partition coefficient (Wildman–Crippen LogP) is 4.62. The largest absolute Gasteiger partial charge is 0.416 e. The molecule has 0 aliphatic carbocycles. The molecule has 0 radical (unpaired) electrons. The second kappa shape index (κ2) is 6.20. The maximum absolute atomic E-state index is 13.3. The predicted molar refractivity (Wildman–Crippen MR) is 84.3 cm³/mol. The lowest BCUT2D eigenvalue weighted by atomic mass is 10.1. The molecule has 0 spiro atoms. The first-order valence-electron chi connectivity index (χ1n) is 7.48. The van der Waals surface area contributed by atoms with Crippen LogP contribution in [0.4, 0.5) is 17.6 Å². The van der Waals surface area contributed by atoms with Gasteiger partial charge in [0.25, 0.3) is 0 Å². The number of rotatable bonds is 3. The van der Waals surface area contributed by atoms with Crippen LogP contribution in [0.3, 0.4) is 0 Å². The van der Waals surface area contributed by atoms with E-state index in [1.54, 1.807) is 29.8 Å². The number of hydrogen-bond acceptors (Lipinski definition) is 2. The number of nitriles is 1. The highest BCUT2D eigenvalue weighted by molar-refractivity contribution is 5.82. The number of pyridine rings is 1. The van der Waals surface area contributed by atoms with Gasteiger partial charge in [-0.05, 0) is 42.3 Å². The summed E-state index contributed by atoms with van der Waals surface area (Å²) in [7, 11) is 0. The summed E-state index contributed by atoms with van der Waals surface area (Å²) in [4.78, 5) is 4.25. The smallest absolute Gasteiger partial charge is 0.325 e. The summed E-state index contributed by atoms with van der Waals surface area (Å²) in [5.41, 5.74) is 0.853. The summed E-state index contributed by atoms with van der Waals surface area (Å²) in [5, 5.41) is 9.75. The summed E-state index contributed by atoms with van der Waals surface area (Å²) < 4.78 is 54.6. The van der Waals surface area contributed by atoms with Crippen LogP contribution < -0.4 is 0 Å². The molecule has 0 amide bonds. The highest BCUT2D eigenvalue weighted by Gasteiger charge is 2.34. The molecule has 1 aromatic carbocycles. The number of halogens is 4. The Bertz CT molecular complexity index is 980. The Labute approximate surface area is 141 Å². The van der Waals surface area contributed by atoms with E-state index in [0.29, 0.717) is 17.4 Å². The molecule has 128 valence electrons. The summed E-state index contributed by atoms with van der Waals surface area (Å²) in [6, 6.07) is 8.21. The monoisotopic (exact) mass is 347 g/mol. The van der Waals surface area contributed by atoms with Crippen LogP contribution in [0.5, 0.6) is 0 Å². The van der Waals surface area contributed by atoms with Crippen molar-refractivity contribution in [2.75, 3.05) is 0 Å². The molecule has 3 nitrogen and oxygen atoms in total. The molecule has 0 aliphatic heterocycles.